The zero-order valence-electron chi connectivity index (χ0n) is 6.86. The fraction of sp³-hybridized carbons (Fsp3) is 0.100. The van der Waals surface area contributed by atoms with Crippen LogP contribution in [0.2, 0.25) is 0 Å². The Bertz CT molecular complexity index is 277. The predicted molar refractivity (Wildman–Crippen MR) is 51.9 cm³/mol. The van der Waals surface area contributed by atoms with Gasteiger partial charge in [0.05, 0.1) is 0 Å². The van der Waals surface area contributed by atoms with Crippen LogP contribution in [0.5, 0.6) is 0 Å². The molecule has 0 saturated carbocycles. The molecule has 0 aromatic heterocycles. The van der Waals surface area contributed by atoms with Gasteiger partial charge in [-0.05, 0) is 0 Å². The molecule has 0 bridgehead atoms. The van der Waals surface area contributed by atoms with Crippen molar-refractivity contribution in [2.24, 2.45) is 0 Å². The number of rotatable bonds is 3. The molecule has 0 aliphatic carbocycles. The Morgan fingerprint density at radius 2 is 2.00 bits per heavy atom. The molecule has 0 aliphatic rings. The van der Waals surface area contributed by atoms with Gasteiger partial charge in [0.1, 0.15) is 0 Å². The van der Waals surface area contributed by atoms with Gasteiger partial charge in [0, 0.05) is 0 Å². The van der Waals surface area contributed by atoms with E-state index in [1.165, 1.54) is 0 Å². The van der Waals surface area contributed by atoms with E-state index in [9.17, 15) is 4.79 Å². The molecule has 0 radical (unpaired) electrons. The fourth-order valence-electron chi connectivity index (χ4n) is 0.773. The van der Waals surface area contributed by atoms with Gasteiger partial charge in [0.25, 0.3) is 0 Å². The van der Waals surface area contributed by atoms with Crippen LogP contribution >= 0.6 is 0 Å². The van der Waals surface area contributed by atoms with Crippen LogP contribution in [0.3, 0.4) is 0 Å². The first kappa shape index (κ1) is 9.24. The van der Waals surface area contributed by atoms with Crippen LogP contribution in [0.25, 0.3) is 6.08 Å². The molecule has 0 fully saturated rings. The number of carbonyl (C=O) groups excluding carboxylic acids is 1. The minimum absolute atomic E-state index is 0.00976. The van der Waals surface area contributed by atoms with Crippen molar-refractivity contribution in [1.82, 2.24) is 0 Å². The molecular formula is C10H10OSe. The van der Waals surface area contributed by atoms with E-state index < -0.39 is 0 Å². The SMILES string of the molecule is CC(=O)[Se]/C=C/c1ccccc1. The molecule has 1 aromatic rings. The van der Waals surface area contributed by atoms with Gasteiger partial charge >= 0.3 is 78.3 Å². The van der Waals surface area contributed by atoms with E-state index in [0.29, 0.717) is 0 Å². The second-order valence-electron chi connectivity index (χ2n) is 2.32. The van der Waals surface area contributed by atoms with E-state index >= 15 is 0 Å². The van der Waals surface area contributed by atoms with Gasteiger partial charge < -0.3 is 0 Å². The van der Waals surface area contributed by atoms with Crippen LogP contribution in [-0.4, -0.2) is 19.6 Å². The minimum atomic E-state index is 0.00976. The topological polar surface area (TPSA) is 17.1 Å². The molecule has 0 amide bonds. The monoisotopic (exact) mass is 226 g/mol. The van der Waals surface area contributed by atoms with Gasteiger partial charge in [-0.3, -0.25) is 0 Å². The average Bonchev–Trinajstić information content (AvgIpc) is 2.05. The average molecular weight is 225 g/mol. The van der Waals surface area contributed by atoms with E-state index in [4.69, 9.17) is 0 Å². The van der Waals surface area contributed by atoms with E-state index in [-0.39, 0.29) is 19.6 Å². The predicted octanol–water partition coefficient (Wildman–Crippen LogP) is 1.91. The molecule has 1 aromatic carbocycles. The van der Waals surface area contributed by atoms with Crippen molar-refractivity contribution < 1.29 is 4.79 Å². The molecule has 62 valence electrons. The third kappa shape index (κ3) is 3.51. The van der Waals surface area contributed by atoms with Crippen molar-refractivity contribution in [3.63, 3.8) is 0 Å². The van der Waals surface area contributed by atoms with Crippen molar-refractivity contribution in [3.05, 3.63) is 40.9 Å². The first-order chi connectivity index (χ1) is 5.79. The van der Waals surface area contributed by atoms with E-state index in [0.717, 1.165) is 5.56 Å². The summed E-state index contributed by atoms with van der Waals surface area (Å²) in [4.78, 5) is 12.6. The van der Waals surface area contributed by atoms with Crippen LogP contribution in [0.4, 0.5) is 0 Å². The number of benzene rings is 1. The van der Waals surface area contributed by atoms with Crippen molar-refractivity contribution in [1.29, 1.82) is 0 Å². The molecule has 12 heavy (non-hydrogen) atoms. The van der Waals surface area contributed by atoms with Gasteiger partial charge in [-0.2, -0.15) is 0 Å². The molecule has 0 saturated heterocycles. The zero-order chi connectivity index (χ0) is 8.81. The van der Waals surface area contributed by atoms with Crippen LogP contribution in [-0.2, 0) is 4.79 Å². The van der Waals surface area contributed by atoms with Gasteiger partial charge in [-0.1, -0.05) is 0 Å². The standard InChI is InChI=1S/C10H10OSe/c1-9(11)12-8-7-10-5-3-2-4-6-10/h2-8H,1H3/b8-7+. The third-order valence-electron chi connectivity index (χ3n) is 1.29. The van der Waals surface area contributed by atoms with Crippen molar-refractivity contribution >= 4 is 25.7 Å². The van der Waals surface area contributed by atoms with Crippen molar-refractivity contribution in [3.8, 4) is 0 Å². The Balaban J connectivity index is 2.52. The summed E-state index contributed by atoms with van der Waals surface area (Å²) in [6.45, 7) is 1.62. The molecule has 0 heterocycles. The Morgan fingerprint density at radius 3 is 2.58 bits per heavy atom. The Kier molecular flexibility index (Phi) is 3.78. The van der Waals surface area contributed by atoms with Gasteiger partial charge in [-0.25, -0.2) is 0 Å². The van der Waals surface area contributed by atoms with Crippen LogP contribution in [0.15, 0.2) is 35.3 Å². The van der Waals surface area contributed by atoms with Gasteiger partial charge in [-0.15, -0.1) is 0 Å². The molecule has 2 heteroatoms. The van der Waals surface area contributed by atoms with E-state index in [1.807, 2.05) is 41.4 Å². The van der Waals surface area contributed by atoms with E-state index in [2.05, 4.69) is 0 Å². The maximum absolute atomic E-state index is 10.6. The number of hydrogen-bond acceptors (Lipinski definition) is 1. The quantitative estimate of drug-likeness (QED) is 0.718. The Morgan fingerprint density at radius 1 is 1.33 bits per heavy atom. The van der Waals surface area contributed by atoms with Crippen LogP contribution in [0.1, 0.15) is 12.5 Å². The maximum atomic E-state index is 10.6. The molecule has 1 nitrogen and oxygen atoms in total. The van der Waals surface area contributed by atoms with Crippen LogP contribution < -0.4 is 0 Å². The first-order valence-electron chi connectivity index (χ1n) is 3.68. The molecule has 0 unspecified atom stereocenters. The normalized spacial score (nSPS) is 10.4. The number of hydrogen-bond donors (Lipinski definition) is 0. The summed E-state index contributed by atoms with van der Waals surface area (Å²) in [5, 5.41) is 0. The third-order valence-corrected chi connectivity index (χ3v) is 2.56. The number of carbonyl (C=O) groups is 1. The molecule has 1 rings (SSSR count). The second-order valence-corrected chi connectivity index (χ2v) is 4.59. The fourth-order valence-corrected chi connectivity index (χ4v) is 1.65. The molecule has 0 N–H and O–H groups in total. The summed E-state index contributed by atoms with van der Waals surface area (Å²) in [6, 6.07) is 9.99. The summed E-state index contributed by atoms with van der Waals surface area (Å²) < 4.78 is 0.259. The van der Waals surface area contributed by atoms with Crippen molar-refractivity contribution in [2.45, 2.75) is 6.92 Å². The zero-order valence-corrected chi connectivity index (χ0v) is 8.57. The summed E-state index contributed by atoms with van der Waals surface area (Å²) in [7, 11) is 0. The molecule has 0 spiro atoms. The molecule has 0 aliphatic heterocycles. The Hall–Kier alpha value is -0.851. The summed E-state index contributed by atoms with van der Waals surface area (Å²) >= 11 is 0.00976. The van der Waals surface area contributed by atoms with Crippen molar-refractivity contribution in [2.75, 3.05) is 0 Å². The van der Waals surface area contributed by atoms with Gasteiger partial charge in [0.15, 0.2) is 0 Å². The summed E-state index contributed by atoms with van der Waals surface area (Å²) in [6.07, 6.45) is 1.99. The summed E-state index contributed by atoms with van der Waals surface area (Å²) in [5.74, 6) is 0. The Labute approximate surface area is 78.6 Å². The van der Waals surface area contributed by atoms with Gasteiger partial charge in [0.2, 0.25) is 0 Å². The first-order valence-corrected chi connectivity index (χ1v) is 5.52. The second kappa shape index (κ2) is 4.91. The molecular weight excluding hydrogens is 215 g/mol. The van der Waals surface area contributed by atoms with E-state index in [1.54, 1.807) is 6.92 Å². The molecule has 0 atom stereocenters. The summed E-state index contributed by atoms with van der Waals surface area (Å²) in [5.41, 5.74) is 1.15. The van der Waals surface area contributed by atoms with Crippen LogP contribution in [0, 0.1) is 0 Å².